The van der Waals surface area contributed by atoms with Crippen LogP contribution < -0.4 is 5.73 Å². The summed E-state index contributed by atoms with van der Waals surface area (Å²) < 4.78 is 0. The molecule has 0 aliphatic carbocycles. The number of nitrogens with two attached hydrogens (primary N) is 1. The number of rotatable bonds is 1. The maximum absolute atomic E-state index is 12.3. The minimum atomic E-state index is -0.246. The van der Waals surface area contributed by atoms with Gasteiger partial charge in [-0.15, -0.1) is 0 Å². The molecule has 2 amide bonds. The van der Waals surface area contributed by atoms with Crippen molar-refractivity contribution in [1.82, 2.24) is 4.90 Å². The molecule has 1 aromatic rings. The summed E-state index contributed by atoms with van der Waals surface area (Å²) in [6, 6.07) is 4.69. The van der Waals surface area contributed by atoms with Crippen molar-refractivity contribution in [2.75, 3.05) is 5.73 Å². The van der Waals surface area contributed by atoms with Gasteiger partial charge in [-0.05, 0) is 30.5 Å². The maximum atomic E-state index is 12.3. The average Bonchev–Trinajstić information content (AvgIpc) is 2.49. The normalized spacial score (nSPS) is 17.0. The number of hydrogen-bond donors (Lipinski definition) is 1. The van der Waals surface area contributed by atoms with E-state index in [0.29, 0.717) is 16.8 Å². The van der Waals surface area contributed by atoms with Crippen molar-refractivity contribution in [3.63, 3.8) is 0 Å². The number of hydrogen-bond acceptors (Lipinski definition) is 3. The molecule has 1 aliphatic heterocycles. The van der Waals surface area contributed by atoms with Gasteiger partial charge in [0.1, 0.15) is 0 Å². The van der Waals surface area contributed by atoms with Crippen molar-refractivity contribution in [3.8, 4) is 0 Å². The van der Waals surface area contributed by atoms with Crippen molar-refractivity contribution in [2.24, 2.45) is 5.41 Å². The summed E-state index contributed by atoms with van der Waals surface area (Å²) in [6.45, 7) is 7.92. The van der Waals surface area contributed by atoms with Crippen LogP contribution in [0.2, 0.25) is 0 Å². The van der Waals surface area contributed by atoms with E-state index in [4.69, 9.17) is 5.73 Å². The summed E-state index contributed by atoms with van der Waals surface area (Å²) in [5.74, 6) is -0.470. The van der Waals surface area contributed by atoms with Crippen LogP contribution in [0.4, 0.5) is 5.69 Å². The van der Waals surface area contributed by atoms with Gasteiger partial charge in [-0.1, -0.05) is 20.8 Å². The zero-order valence-electron chi connectivity index (χ0n) is 11.2. The Morgan fingerprint density at radius 2 is 1.67 bits per heavy atom. The first-order valence-electron chi connectivity index (χ1n) is 6.01. The second kappa shape index (κ2) is 3.83. The summed E-state index contributed by atoms with van der Waals surface area (Å²) in [7, 11) is 0. The minimum absolute atomic E-state index is 0.154. The average molecular weight is 246 g/mol. The van der Waals surface area contributed by atoms with Gasteiger partial charge in [-0.3, -0.25) is 14.5 Å². The highest BCUT2D eigenvalue weighted by atomic mass is 16.2. The molecule has 4 heteroatoms. The molecule has 0 saturated carbocycles. The van der Waals surface area contributed by atoms with Crippen LogP contribution >= 0.6 is 0 Å². The molecule has 0 bridgehead atoms. The van der Waals surface area contributed by atoms with Crippen LogP contribution in [0.25, 0.3) is 0 Å². The van der Waals surface area contributed by atoms with Crippen LogP contribution in [-0.4, -0.2) is 22.8 Å². The molecule has 4 nitrogen and oxygen atoms in total. The van der Waals surface area contributed by atoms with Gasteiger partial charge in [0.05, 0.1) is 11.1 Å². The predicted molar refractivity (Wildman–Crippen MR) is 70.3 cm³/mol. The number of benzene rings is 1. The fourth-order valence-corrected chi connectivity index (χ4v) is 2.02. The lowest BCUT2D eigenvalue weighted by Crippen LogP contribution is -2.45. The molecule has 0 aromatic heterocycles. The van der Waals surface area contributed by atoms with E-state index in [0.717, 1.165) is 0 Å². The van der Waals surface area contributed by atoms with Crippen molar-refractivity contribution < 1.29 is 9.59 Å². The summed E-state index contributed by atoms with van der Waals surface area (Å²) >= 11 is 0. The third kappa shape index (κ3) is 1.78. The highest BCUT2D eigenvalue weighted by Crippen LogP contribution is 2.32. The smallest absolute Gasteiger partial charge is 0.261 e. The Labute approximate surface area is 107 Å². The Kier molecular flexibility index (Phi) is 2.69. The van der Waals surface area contributed by atoms with E-state index in [1.54, 1.807) is 18.2 Å². The zero-order chi connectivity index (χ0) is 13.7. The molecule has 1 unspecified atom stereocenters. The van der Waals surface area contributed by atoms with Gasteiger partial charge in [0.15, 0.2) is 0 Å². The number of nitrogens with zero attached hydrogens (tertiary/aromatic N) is 1. The van der Waals surface area contributed by atoms with Crippen LogP contribution in [0.1, 0.15) is 48.4 Å². The number of nitrogen functional groups attached to an aromatic ring is 1. The molecule has 0 saturated heterocycles. The van der Waals surface area contributed by atoms with Gasteiger partial charge in [0, 0.05) is 11.7 Å². The second-order valence-electron chi connectivity index (χ2n) is 5.83. The van der Waals surface area contributed by atoms with E-state index in [1.165, 1.54) is 4.90 Å². The molecule has 1 aromatic carbocycles. The summed E-state index contributed by atoms with van der Waals surface area (Å²) in [5.41, 5.74) is 6.87. The molecule has 1 heterocycles. The largest absolute Gasteiger partial charge is 0.399 e. The van der Waals surface area contributed by atoms with Gasteiger partial charge in [-0.2, -0.15) is 0 Å². The second-order valence-corrected chi connectivity index (χ2v) is 5.83. The van der Waals surface area contributed by atoms with Crippen LogP contribution in [0.15, 0.2) is 18.2 Å². The molecule has 96 valence electrons. The van der Waals surface area contributed by atoms with Gasteiger partial charge in [0.2, 0.25) is 0 Å². The predicted octanol–water partition coefficient (Wildman–Crippen LogP) is 2.30. The molecule has 0 spiro atoms. The fraction of sp³-hybridized carbons (Fsp3) is 0.429. The molecule has 0 radical (unpaired) electrons. The summed E-state index contributed by atoms with van der Waals surface area (Å²) in [6.07, 6.45) is 0. The highest BCUT2D eigenvalue weighted by Gasteiger charge is 2.41. The van der Waals surface area contributed by atoms with Crippen LogP contribution in [0, 0.1) is 5.41 Å². The monoisotopic (exact) mass is 246 g/mol. The molecule has 18 heavy (non-hydrogen) atoms. The quantitative estimate of drug-likeness (QED) is 0.611. The minimum Gasteiger partial charge on any atom is -0.399 e. The standard InChI is InChI=1S/C14H18N2O2/c1-8(14(2,3)4)16-12(17)10-6-5-9(15)7-11(10)13(16)18/h5-8H,15H2,1-4H3. The lowest BCUT2D eigenvalue weighted by molar-refractivity contribution is 0.0485. The van der Waals surface area contributed by atoms with E-state index in [-0.39, 0.29) is 23.3 Å². The van der Waals surface area contributed by atoms with E-state index in [1.807, 2.05) is 27.7 Å². The number of anilines is 1. The first-order chi connectivity index (χ1) is 8.23. The Hall–Kier alpha value is -1.84. The van der Waals surface area contributed by atoms with E-state index >= 15 is 0 Å². The maximum Gasteiger partial charge on any atom is 0.261 e. The molecular weight excluding hydrogens is 228 g/mol. The first-order valence-corrected chi connectivity index (χ1v) is 6.01. The summed E-state index contributed by atoms with van der Waals surface area (Å²) in [4.78, 5) is 25.9. The van der Waals surface area contributed by atoms with Crippen molar-refractivity contribution in [2.45, 2.75) is 33.7 Å². The number of fused-ring (bicyclic) bond motifs is 1. The molecule has 1 atom stereocenters. The molecule has 2 rings (SSSR count). The molecule has 1 aliphatic rings. The van der Waals surface area contributed by atoms with Crippen LogP contribution in [0.5, 0.6) is 0 Å². The van der Waals surface area contributed by atoms with Gasteiger partial charge in [-0.25, -0.2) is 0 Å². The van der Waals surface area contributed by atoms with Gasteiger partial charge < -0.3 is 5.73 Å². The van der Waals surface area contributed by atoms with Crippen molar-refractivity contribution in [3.05, 3.63) is 29.3 Å². The van der Waals surface area contributed by atoms with Crippen LogP contribution in [0.3, 0.4) is 0 Å². The fourth-order valence-electron chi connectivity index (χ4n) is 2.02. The number of carbonyl (C=O) groups is 2. The lowest BCUT2D eigenvalue weighted by Gasteiger charge is -2.33. The third-order valence-electron chi connectivity index (χ3n) is 3.58. The Morgan fingerprint density at radius 3 is 2.22 bits per heavy atom. The lowest BCUT2D eigenvalue weighted by atomic mass is 9.87. The Balaban J connectivity index is 2.46. The zero-order valence-corrected chi connectivity index (χ0v) is 11.2. The SMILES string of the molecule is CC(N1C(=O)c2ccc(N)cc2C1=O)C(C)(C)C. The number of amides is 2. The first kappa shape index (κ1) is 12.6. The molecule has 2 N–H and O–H groups in total. The van der Waals surface area contributed by atoms with E-state index in [9.17, 15) is 9.59 Å². The highest BCUT2D eigenvalue weighted by molar-refractivity contribution is 6.21. The topological polar surface area (TPSA) is 63.4 Å². The van der Waals surface area contributed by atoms with Gasteiger partial charge in [0.25, 0.3) is 11.8 Å². The Bertz CT molecular complexity index is 529. The number of carbonyl (C=O) groups excluding carboxylic acids is 2. The third-order valence-corrected chi connectivity index (χ3v) is 3.58. The van der Waals surface area contributed by atoms with Crippen molar-refractivity contribution in [1.29, 1.82) is 0 Å². The van der Waals surface area contributed by atoms with Gasteiger partial charge >= 0.3 is 0 Å². The number of imide groups is 1. The summed E-state index contributed by atoms with van der Waals surface area (Å²) in [5, 5.41) is 0. The molecule has 0 fully saturated rings. The Morgan fingerprint density at radius 1 is 1.11 bits per heavy atom. The van der Waals surface area contributed by atoms with Crippen LogP contribution in [-0.2, 0) is 0 Å². The van der Waals surface area contributed by atoms with E-state index < -0.39 is 0 Å². The van der Waals surface area contributed by atoms with E-state index in [2.05, 4.69) is 0 Å². The van der Waals surface area contributed by atoms with Crippen molar-refractivity contribution >= 4 is 17.5 Å². The molecular formula is C14H18N2O2.